The van der Waals surface area contributed by atoms with Crippen LogP contribution in [-0.4, -0.2) is 31.7 Å². The third-order valence-electron chi connectivity index (χ3n) is 7.44. The van der Waals surface area contributed by atoms with Crippen molar-refractivity contribution in [2.45, 2.75) is 31.0 Å². The molecule has 0 aromatic heterocycles. The molecule has 0 aliphatic rings. The number of halogens is 2. The molecule has 5 rings (SSSR count). The minimum atomic E-state index is -3.98. The molecule has 0 aliphatic carbocycles. The molecule has 246 valence electrons. The molecule has 2 amide bonds. The molecule has 0 saturated heterocycles. The van der Waals surface area contributed by atoms with Crippen molar-refractivity contribution in [3.63, 3.8) is 0 Å². The lowest BCUT2D eigenvalue weighted by molar-refractivity contribution is -0.143. The second-order valence-corrected chi connectivity index (χ2v) is 12.7. The average Bonchev–Trinajstić information content (AvgIpc) is 3.09. The summed E-state index contributed by atoms with van der Waals surface area (Å²) in [6.45, 7) is 1.71. The van der Waals surface area contributed by atoms with Gasteiger partial charge in [0.05, 0.1) is 4.90 Å². The van der Waals surface area contributed by atoms with E-state index in [-0.39, 0.29) is 29.4 Å². The zero-order valence-corrected chi connectivity index (χ0v) is 26.8. The number of rotatable bonds is 13. The maximum Gasteiger partial charge on any atom is 0.261 e. The van der Waals surface area contributed by atoms with E-state index in [2.05, 4.69) is 10.0 Å². The first-order valence-electron chi connectivity index (χ1n) is 15.0. The van der Waals surface area contributed by atoms with Gasteiger partial charge in [-0.3, -0.25) is 14.3 Å². The van der Waals surface area contributed by atoms with Crippen LogP contribution in [0.1, 0.15) is 28.3 Å². The molecule has 5 aromatic rings. The van der Waals surface area contributed by atoms with Crippen molar-refractivity contribution in [2.24, 2.45) is 0 Å². The highest BCUT2D eigenvalue weighted by Gasteiger charge is 2.32. The zero-order valence-electron chi connectivity index (χ0n) is 26.0. The average molecular weight is 670 g/mol. The van der Waals surface area contributed by atoms with Crippen LogP contribution in [0.25, 0.3) is 0 Å². The molecule has 0 unspecified atom stereocenters. The summed E-state index contributed by atoms with van der Waals surface area (Å²) in [6.07, 6.45) is 0. The Morgan fingerprint density at radius 2 is 1.33 bits per heavy atom. The van der Waals surface area contributed by atoms with Crippen molar-refractivity contribution in [1.29, 1.82) is 0 Å². The molecule has 0 radical (unpaired) electrons. The number of hydrogen-bond acceptors (Lipinski definition) is 5. The van der Waals surface area contributed by atoms with Crippen LogP contribution in [0, 0.1) is 18.6 Å². The lowest BCUT2D eigenvalue weighted by atomic mass is 10.0. The zero-order chi connectivity index (χ0) is 34.1. The fourth-order valence-electron chi connectivity index (χ4n) is 4.88. The van der Waals surface area contributed by atoms with Crippen molar-refractivity contribution in [3.8, 4) is 5.75 Å². The number of ether oxygens (including phenoxy) is 1. The van der Waals surface area contributed by atoms with E-state index in [1.165, 1.54) is 53.4 Å². The summed E-state index contributed by atoms with van der Waals surface area (Å²) in [5, 5.41) is 2.95. The Morgan fingerprint density at radius 3 is 1.96 bits per heavy atom. The minimum absolute atomic E-state index is 0.0216. The van der Waals surface area contributed by atoms with Crippen molar-refractivity contribution in [1.82, 2.24) is 10.2 Å². The summed E-state index contributed by atoms with van der Waals surface area (Å²) >= 11 is 0. The Balaban J connectivity index is 1.35. The van der Waals surface area contributed by atoms with E-state index in [1.807, 2.05) is 31.2 Å². The number of carbonyl (C=O) groups excluding carboxylic acids is 2. The first-order chi connectivity index (χ1) is 23.1. The number of aryl methyl sites for hydroxylation is 1. The molecular weight excluding hydrogens is 636 g/mol. The standard InChI is InChI=1S/C37H33F2N3O5S/c1-26-7-9-27(10-8-26)23-40-37(44)36(29-5-3-2-4-6-29)42(24-28-11-13-30(38)14-12-28)35(43)25-47-33-19-21-34(22-20-33)48(45,46)41-32-17-15-31(39)16-18-32/h2-22,36,41H,23-25H2,1H3,(H,40,44)/t36-/m1/s1. The fraction of sp³-hybridized carbons (Fsp3) is 0.135. The van der Waals surface area contributed by atoms with Crippen LogP contribution in [0.3, 0.4) is 0 Å². The van der Waals surface area contributed by atoms with Gasteiger partial charge in [-0.2, -0.15) is 0 Å². The molecular formula is C37H33F2N3O5S. The van der Waals surface area contributed by atoms with Crippen LogP contribution in [0.4, 0.5) is 14.5 Å². The van der Waals surface area contributed by atoms with Crippen molar-refractivity contribution in [2.75, 3.05) is 11.3 Å². The molecule has 0 bridgehead atoms. The van der Waals surface area contributed by atoms with Crippen LogP contribution >= 0.6 is 0 Å². The van der Waals surface area contributed by atoms with Crippen LogP contribution in [0.5, 0.6) is 5.75 Å². The quantitative estimate of drug-likeness (QED) is 0.148. The van der Waals surface area contributed by atoms with E-state index in [9.17, 15) is 26.8 Å². The van der Waals surface area contributed by atoms with E-state index in [4.69, 9.17) is 4.74 Å². The van der Waals surface area contributed by atoms with Gasteiger partial charge in [-0.25, -0.2) is 17.2 Å². The first kappa shape index (κ1) is 33.8. The maximum absolute atomic E-state index is 13.9. The van der Waals surface area contributed by atoms with Gasteiger partial charge in [-0.15, -0.1) is 0 Å². The third kappa shape index (κ3) is 9.04. The molecule has 0 aliphatic heterocycles. The summed E-state index contributed by atoms with van der Waals surface area (Å²) in [4.78, 5) is 29.0. The van der Waals surface area contributed by atoms with Crippen LogP contribution in [0.15, 0.2) is 132 Å². The first-order valence-corrected chi connectivity index (χ1v) is 16.5. The van der Waals surface area contributed by atoms with Gasteiger partial charge in [0.25, 0.3) is 15.9 Å². The number of sulfonamides is 1. The summed E-state index contributed by atoms with van der Waals surface area (Å²) in [7, 11) is -3.98. The largest absolute Gasteiger partial charge is 0.484 e. The van der Waals surface area contributed by atoms with Gasteiger partial charge < -0.3 is 15.0 Å². The van der Waals surface area contributed by atoms with Gasteiger partial charge in [-0.1, -0.05) is 72.3 Å². The van der Waals surface area contributed by atoms with E-state index in [1.54, 1.807) is 42.5 Å². The molecule has 0 saturated carbocycles. The summed E-state index contributed by atoms with van der Waals surface area (Å²) < 4.78 is 60.7. The Hall–Kier alpha value is -5.55. The van der Waals surface area contributed by atoms with Gasteiger partial charge in [0.1, 0.15) is 23.4 Å². The topological polar surface area (TPSA) is 105 Å². The highest BCUT2D eigenvalue weighted by atomic mass is 32.2. The van der Waals surface area contributed by atoms with Crippen LogP contribution in [0.2, 0.25) is 0 Å². The number of carbonyl (C=O) groups is 2. The molecule has 8 nitrogen and oxygen atoms in total. The molecule has 0 heterocycles. The maximum atomic E-state index is 13.9. The number of anilines is 1. The van der Waals surface area contributed by atoms with Crippen molar-refractivity contribution >= 4 is 27.5 Å². The monoisotopic (exact) mass is 669 g/mol. The molecule has 11 heteroatoms. The second-order valence-electron chi connectivity index (χ2n) is 11.0. The second kappa shape index (κ2) is 15.4. The predicted molar refractivity (Wildman–Crippen MR) is 178 cm³/mol. The highest BCUT2D eigenvalue weighted by Crippen LogP contribution is 2.25. The fourth-order valence-corrected chi connectivity index (χ4v) is 5.94. The number of nitrogens with zero attached hydrogens (tertiary/aromatic N) is 1. The third-order valence-corrected chi connectivity index (χ3v) is 8.84. The lowest BCUT2D eigenvalue weighted by Crippen LogP contribution is -2.45. The van der Waals surface area contributed by atoms with Gasteiger partial charge in [-0.05, 0) is 84.3 Å². The molecule has 5 aromatic carbocycles. The Labute approximate surface area is 278 Å². The van der Waals surface area contributed by atoms with E-state index in [0.717, 1.165) is 23.3 Å². The normalized spacial score (nSPS) is 11.7. The number of benzene rings is 5. The molecule has 1 atom stereocenters. The van der Waals surface area contributed by atoms with Crippen molar-refractivity contribution in [3.05, 3.63) is 161 Å². The Morgan fingerprint density at radius 1 is 0.750 bits per heavy atom. The lowest BCUT2D eigenvalue weighted by Gasteiger charge is -2.31. The summed E-state index contributed by atoms with van der Waals surface area (Å²) in [6, 6.07) is 31.5. The predicted octanol–water partition coefficient (Wildman–Crippen LogP) is 6.54. The van der Waals surface area contributed by atoms with E-state index in [0.29, 0.717) is 11.1 Å². The molecule has 48 heavy (non-hydrogen) atoms. The van der Waals surface area contributed by atoms with Crippen LogP contribution < -0.4 is 14.8 Å². The smallest absolute Gasteiger partial charge is 0.261 e. The summed E-state index contributed by atoms with van der Waals surface area (Å²) in [5.74, 6) is -1.67. The highest BCUT2D eigenvalue weighted by molar-refractivity contribution is 7.92. The van der Waals surface area contributed by atoms with Crippen molar-refractivity contribution < 1.29 is 31.5 Å². The molecule has 0 spiro atoms. The number of nitrogens with one attached hydrogen (secondary N) is 2. The Bertz CT molecular complexity index is 1940. The minimum Gasteiger partial charge on any atom is -0.484 e. The SMILES string of the molecule is Cc1ccc(CNC(=O)[C@@H](c2ccccc2)N(Cc2ccc(F)cc2)C(=O)COc2ccc(S(=O)(=O)Nc3ccc(F)cc3)cc2)cc1. The van der Waals surface area contributed by atoms with E-state index < -0.39 is 46.1 Å². The number of amides is 2. The molecule has 0 fully saturated rings. The number of hydrogen-bond donors (Lipinski definition) is 2. The van der Waals surface area contributed by atoms with Gasteiger partial charge in [0, 0.05) is 18.8 Å². The van der Waals surface area contributed by atoms with Gasteiger partial charge in [0.15, 0.2) is 6.61 Å². The Kier molecular flexibility index (Phi) is 10.8. The summed E-state index contributed by atoms with van der Waals surface area (Å²) in [5.41, 5.74) is 3.33. The van der Waals surface area contributed by atoms with Gasteiger partial charge in [0.2, 0.25) is 5.91 Å². The van der Waals surface area contributed by atoms with E-state index >= 15 is 0 Å². The van der Waals surface area contributed by atoms with Crippen LogP contribution in [-0.2, 0) is 32.7 Å². The van der Waals surface area contributed by atoms with Gasteiger partial charge >= 0.3 is 0 Å². The molecule has 2 N–H and O–H groups in total.